The predicted octanol–water partition coefficient (Wildman–Crippen LogP) is 1.14. The lowest BCUT2D eigenvalue weighted by Gasteiger charge is -2.02. The first-order chi connectivity index (χ1) is 4.74. The highest BCUT2D eigenvalue weighted by Crippen LogP contribution is 2.11. The van der Waals surface area contributed by atoms with Crippen molar-refractivity contribution in [3.05, 3.63) is 23.2 Å². The highest BCUT2D eigenvalue weighted by molar-refractivity contribution is 6.37. The second-order valence-corrected chi connectivity index (χ2v) is 2.82. The van der Waals surface area contributed by atoms with Crippen LogP contribution < -0.4 is 9.92 Å². The number of hydrogen-bond acceptors (Lipinski definition) is 1. The number of rotatable bonds is 1. The van der Waals surface area contributed by atoms with Crippen LogP contribution in [0, 0.1) is 0 Å². The zero-order chi connectivity index (χ0) is 7.56. The lowest BCUT2D eigenvalue weighted by atomic mass is 10.3. The van der Waals surface area contributed by atoms with Crippen LogP contribution in [0.3, 0.4) is 0 Å². The van der Waals surface area contributed by atoms with Crippen LogP contribution in [0.2, 0.25) is 5.02 Å². The fourth-order valence-electron chi connectivity index (χ4n) is 0.680. The van der Waals surface area contributed by atoms with E-state index in [0.717, 1.165) is 10.9 Å². The molecule has 0 bridgehead atoms. The quantitative estimate of drug-likeness (QED) is 0.573. The minimum absolute atomic E-state index is 0.700. The van der Waals surface area contributed by atoms with E-state index in [1.165, 1.54) is 0 Å². The standard InChI is InChI=1S/C7H6ClOSi/c1-9-6-3-2-5(8)4-7(6)10/h2-4H,1H3. The maximum absolute atomic E-state index is 5.69. The van der Waals surface area contributed by atoms with Gasteiger partial charge in [0.1, 0.15) is 5.75 Å². The Bertz CT molecular complexity index is 237. The smallest absolute Gasteiger partial charge is 0.117 e. The molecule has 0 aliphatic carbocycles. The Morgan fingerprint density at radius 3 is 2.70 bits per heavy atom. The molecule has 0 N–H and O–H groups in total. The molecule has 0 spiro atoms. The SMILES string of the molecule is COc1ccc(Cl)cc1[Si]. The summed E-state index contributed by atoms with van der Waals surface area (Å²) in [6.07, 6.45) is 0. The van der Waals surface area contributed by atoms with E-state index in [2.05, 4.69) is 10.2 Å². The zero-order valence-corrected chi connectivity index (χ0v) is 7.27. The first-order valence-corrected chi connectivity index (χ1v) is 3.67. The number of halogens is 1. The number of benzene rings is 1. The van der Waals surface area contributed by atoms with Gasteiger partial charge in [-0.25, -0.2) is 0 Å². The molecule has 0 amide bonds. The first kappa shape index (κ1) is 7.63. The zero-order valence-electron chi connectivity index (χ0n) is 5.52. The lowest BCUT2D eigenvalue weighted by Crippen LogP contribution is -2.05. The average molecular weight is 170 g/mol. The van der Waals surface area contributed by atoms with Gasteiger partial charge in [-0.2, -0.15) is 0 Å². The molecule has 0 aliphatic rings. The third-order valence-electron chi connectivity index (χ3n) is 1.16. The van der Waals surface area contributed by atoms with Crippen molar-refractivity contribution in [2.24, 2.45) is 0 Å². The summed E-state index contributed by atoms with van der Waals surface area (Å²) in [7, 11) is 4.97. The van der Waals surface area contributed by atoms with E-state index in [-0.39, 0.29) is 0 Å². The fraction of sp³-hybridized carbons (Fsp3) is 0.143. The minimum atomic E-state index is 0.700. The van der Waals surface area contributed by atoms with Crippen LogP contribution in [0.25, 0.3) is 0 Å². The molecule has 3 heteroatoms. The Hall–Kier alpha value is -0.473. The molecule has 0 fully saturated rings. The molecule has 0 unspecified atom stereocenters. The van der Waals surface area contributed by atoms with Crippen LogP contribution in [-0.4, -0.2) is 17.4 Å². The first-order valence-electron chi connectivity index (χ1n) is 2.79. The minimum Gasteiger partial charge on any atom is -0.497 e. The van der Waals surface area contributed by atoms with Crippen molar-refractivity contribution >= 4 is 27.0 Å². The second-order valence-electron chi connectivity index (χ2n) is 1.84. The Morgan fingerprint density at radius 2 is 2.20 bits per heavy atom. The number of ether oxygens (including phenoxy) is 1. The average Bonchev–Trinajstić information content (AvgIpc) is 1.88. The molecule has 1 aromatic rings. The van der Waals surface area contributed by atoms with Gasteiger partial charge in [0, 0.05) is 5.02 Å². The van der Waals surface area contributed by atoms with Crippen molar-refractivity contribution in [1.29, 1.82) is 0 Å². The van der Waals surface area contributed by atoms with Crippen molar-refractivity contribution in [3.63, 3.8) is 0 Å². The van der Waals surface area contributed by atoms with Gasteiger partial charge in [-0.1, -0.05) is 11.6 Å². The molecule has 0 saturated carbocycles. The summed E-state index contributed by atoms with van der Waals surface area (Å²) in [4.78, 5) is 0. The van der Waals surface area contributed by atoms with Gasteiger partial charge in [0.25, 0.3) is 0 Å². The van der Waals surface area contributed by atoms with Crippen LogP contribution in [0.15, 0.2) is 18.2 Å². The van der Waals surface area contributed by atoms with E-state index in [9.17, 15) is 0 Å². The molecular weight excluding hydrogens is 164 g/mol. The summed E-state index contributed by atoms with van der Waals surface area (Å²) < 4.78 is 4.99. The molecule has 0 aliphatic heterocycles. The molecule has 3 radical (unpaired) electrons. The van der Waals surface area contributed by atoms with E-state index in [1.807, 2.05) is 6.07 Å². The van der Waals surface area contributed by atoms with Crippen molar-refractivity contribution in [2.75, 3.05) is 7.11 Å². The molecule has 0 aromatic heterocycles. The normalized spacial score (nSPS) is 9.50. The van der Waals surface area contributed by atoms with Crippen LogP contribution >= 0.6 is 11.6 Å². The van der Waals surface area contributed by atoms with Gasteiger partial charge in [-0.3, -0.25) is 0 Å². The van der Waals surface area contributed by atoms with E-state index in [0.29, 0.717) is 5.02 Å². The molecule has 1 aromatic carbocycles. The van der Waals surface area contributed by atoms with E-state index in [4.69, 9.17) is 16.3 Å². The lowest BCUT2D eigenvalue weighted by molar-refractivity contribution is 0.418. The molecule has 51 valence electrons. The molecule has 1 nitrogen and oxygen atoms in total. The summed E-state index contributed by atoms with van der Waals surface area (Å²) in [5.41, 5.74) is 0. The van der Waals surface area contributed by atoms with Gasteiger partial charge in [-0.15, -0.1) is 0 Å². The van der Waals surface area contributed by atoms with Crippen LogP contribution in [0.1, 0.15) is 0 Å². The maximum atomic E-state index is 5.69. The topological polar surface area (TPSA) is 9.23 Å². The van der Waals surface area contributed by atoms with E-state index in [1.54, 1.807) is 19.2 Å². The third-order valence-corrected chi connectivity index (χ3v) is 1.79. The molecular formula is C7H6ClOSi. The van der Waals surface area contributed by atoms with Gasteiger partial charge >= 0.3 is 0 Å². The van der Waals surface area contributed by atoms with Gasteiger partial charge < -0.3 is 4.74 Å². The Balaban J connectivity index is 3.07. The number of methoxy groups -OCH3 is 1. The molecule has 0 saturated heterocycles. The second kappa shape index (κ2) is 3.08. The monoisotopic (exact) mass is 169 g/mol. The van der Waals surface area contributed by atoms with Crippen LogP contribution in [0.4, 0.5) is 0 Å². The van der Waals surface area contributed by atoms with Crippen LogP contribution in [0.5, 0.6) is 5.75 Å². The van der Waals surface area contributed by atoms with Crippen molar-refractivity contribution in [2.45, 2.75) is 0 Å². The summed E-state index contributed by atoms with van der Waals surface area (Å²) >= 11 is 5.69. The summed E-state index contributed by atoms with van der Waals surface area (Å²) in [6.45, 7) is 0. The predicted molar refractivity (Wildman–Crippen MR) is 43.4 cm³/mol. The van der Waals surface area contributed by atoms with Crippen molar-refractivity contribution < 1.29 is 4.74 Å². The highest BCUT2D eigenvalue weighted by atomic mass is 35.5. The summed E-state index contributed by atoms with van der Waals surface area (Å²) in [5, 5.41) is 1.57. The fourth-order valence-corrected chi connectivity index (χ4v) is 1.28. The molecule has 0 atom stereocenters. The van der Waals surface area contributed by atoms with Crippen molar-refractivity contribution in [3.8, 4) is 5.75 Å². The Labute approximate surface area is 68.4 Å². The number of hydrogen-bond donors (Lipinski definition) is 0. The van der Waals surface area contributed by atoms with Gasteiger partial charge in [0.2, 0.25) is 0 Å². The molecule has 1 rings (SSSR count). The molecule has 10 heavy (non-hydrogen) atoms. The van der Waals surface area contributed by atoms with Crippen LogP contribution in [-0.2, 0) is 0 Å². The molecule has 0 heterocycles. The maximum Gasteiger partial charge on any atom is 0.117 e. The van der Waals surface area contributed by atoms with Gasteiger partial charge in [0.05, 0.1) is 17.4 Å². The largest absolute Gasteiger partial charge is 0.497 e. The summed E-state index contributed by atoms with van der Waals surface area (Å²) in [6, 6.07) is 5.38. The third kappa shape index (κ3) is 1.52. The summed E-state index contributed by atoms with van der Waals surface area (Å²) in [5.74, 6) is 0.793. The Morgan fingerprint density at radius 1 is 1.50 bits per heavy atom. The highest BCUT2D eigenvalue weighted by Gasteiger charge is 1.96. The van der Waals surface area contributed by atoms with E-state index < -0.39 is 0 Å². The van der Waals surface area contributed by atoms with Gasteiger partial charge in [-0.05, 0) is 23.4 Å². The van der Waals surface area contributed by atoms with Crippen molar-refractivity contribution in [1.82, 2.24) is 0 Å². The Kier molecular flexibility index (Phi) is 2.35. The van der Waals surface area contributed by atoms with Gasteiger partial charge in [0.15, 0.2) is 0 Å². The van der Waals surface area contributed by atoms with E-state index >= 15 is 0 Å².